The van der Waals surface area contributed by atoms with Crippen LogP contribution in [0.2, 0.25) is 0 Å². The first-order valence-electron chi connectivity index (χ1n) is 5.64. The Hall–Kier alpha value is -0.830. The van der Waals surface area contributed by atoms with Crippen LogP contribution >= 0.6 is 0 Å². The summed E-state index contributed by atoms with van der Waals surface area (Å²) in [7, 11) is 0. The average Bonchev–Trinajstić information content (AvgIpc) is 2.19. The van der Waals surface area contributed by atoms with Crippen molar-refractivity contribution < 1.29 is 14.6 Å². The summed E-state index contributed by atoms with van der Waals surface area (Å²) in [5.41, 5.74) is 0. The predicted octanol–water partition coefficient (Wildman–Crippen LogP) is 2.29. The fourth-order valence-electron chi connectivity index (χ4n) is 1.43. The Morgan fingerprint density at radius 2 is 2.13 bits per heavy atom. The molecule has 0 fully saturated rings. The van der Waals surface area contributed by atoms with E-state index >= 15 is 0 Å². The average molecular weight is 214 g/mol. The predicted molar refractivity (Wildman–Crippen MR) is 60.5 cm³/mol. The Kier molecular flexibility index (Phi) is 8.01. The van der Waals surface area contributed by atoms with E-state index < -0.39 is 12.0 Å². The number of ether oxygens (including phenoxy) is 1. The first-order valence-corrected chi connectivity index (χ1v) is 5.64. The number of aliphatic hydroxyl groups is 1. The Morgan fingerprint density at radius 3 is 2.60 bits per heavy atom. The summed E-state index contributed by atoms with van der Waals surface area (Å²) >= 11 is 0. The molecule has 1 N–H and O–H groups in total. The summed E-state index contributed by atoms with van der Waals surface area (Å²) in [6.45, 7) is 7.74. The van der Waals surface area contributed by atoms with Crippen molar-refractivity contribution >= 4 is 5.97 Å². The largest absolute Gasteiger partial charge is 0.465 e. The van der Waals surface area contributed by atoms with Gasteiger partial charge in [0.25, 0.3) is 0 Å². The lowest BCUT2D eigenvalue weighted by atomic mass is 9.97. The molecule has 0 rings (SSSR count). The number of hydrogen-bond acceptors (Lipinski definition) is 3. The van der Waals surface area contributed by atoms with Crippen molar-refractivity contribution in [3.05, 3.63) is 12.7 Å². The van der Waals surface area contributed by atoms with Crippen LogP contribution in [0.4, 0.5) is 0 Å². The van der Waals surface area contributed by atoms with Crippen LogP contribution in [0.15, 0.2) is 12.7 Å². The molecule has 0 amide bonds. The van der Waals surface area contributed by atoms with Gasteiger partial charge in [0.2, 0.25) is 0 Å². The second kappa shape index (κ2) is 8.48. The van der Waals surface area contributed by atoms with Gasteiger partial charge in [0, 0.05) is 0 Å². The first kappa shape index (κ1) is 14.2. The number of carbonyl (C=O) groups is 1. The molecular formula is C12H22O3. The van der Waals surface area contributed by atoms with E-state index in [1.165, 1.54) is 6.08 Å². The van der Waals surface area contributed by atoms with Gasteiger partial charge in [-0.3, -0.25) is 4.79 Å². The van der Waals surface area contributed by atoms with Crippen molar-refractivity contribution in [2.45, 2.75) is 45.6 Å². The highest BCUT2D eigenvalue weighted by atomic mass is 16.5. The minimum atomic E-state index is -0.659. The van der Waals surface area contributed by atoms with Crippen LogP contribution < -0.4 is 0 Å². The lowest BCUT2D eigenvalue weighted by Crippen LogP contribution is -2.28. The molecule has 0 aliphatic carbocycles. The third-order valence-electron chi connectivity index (χ3n) is 2.33. The molecule has 2 atom stereocenters. The lowest BCUT2D eigenvalue weighted by Gasteiger charge is -2.17. The topological polar surface area (TPSA) is 46.5 Å². The van der Waals surface area contributed by atoms with Crippen LogP contribution in [0.25, 0.3) is 0 Å². The SMILES string of the molecule is C=CC(C(=O)OCC)C(O)CCCCC. The highest BCUT2D eigenvalue weighted by Gasteiger charge is 2.24. The van der Waals surface area contributed by atoms with Gasteiger partial charge in [0.15, 0.2) is 0 Å². The van der Waals surface area contributed by atoms with Crippen LogP contribution in [0.1, 0.15) is 39.5 Å². The molecule has 88 valence electrons. The van der Waals surface area contributed by atoms with E-state index in [9.17, 15) is 9.90 Å². The van der Waals surface area contributed by atoms with E-state index in [1.807, 2.05) is 0 Å². The van der Waals surface area contributed by atoms with Crippen molar-refractivity contribution in [1.29, 1.82) is 0 Å². The molecule has 2 unspecified atom stereocenters. The second-order valence-corrected chi connectivity index (χ2v) is 3.58. The molecule has 0 aromatic heterocycles. The van der Waals surface area contributed by atoms with E-state index in [4.69, 9.17) is 4.74 Å². The van der Waals surface area contributed by atoms with Crippen molar-refractivity contribution in [2.24, 2.45) is 5.92 Å². The van der Waals surface area contributed by atoms with E-state index in [0.29, 0.717) is 13.0 Å². The highest BCUT2D eigenvalue weighted by Crippen LogP contribution is 2.14. The molecule has 0 heterocycles. The maximum Gasteiger partial charge on any atom is 0.315 e. The Labute approximate surface area is 92.1 Å². The number of esters is 1. The standard InChI is InChI=1S/C12H22O3/c1-4-7-8-9-11(13)10(5-2)12(14)15-6-3/h5,10-11,13H,2,4,6-9H2,1,3H3. The zero-order valence-corrected chi connectivity index (χ0v) is 9.74. The Morgan fingerprint density at radius 1 is 1.47 bits per heavy atom. The summed E-state index contributed by atoms with van der Waals surface area (Å²) < 4.78 is 4.85. The molecule has 0 radical (unpaired) electrons. The van der Waals surface area contributed by atoms with Crippen molar-refractivity contribution in [2.75, 3.05) is 6.61 Å². The summed E-state index contributed by atoms with van der Waals surface area (Å²) in [4.78, 5) is 11.4. The van der Waals surface area contributed by atoms with Crippen LogP contribution in [0, 0.1) is 5.92 Å². The number of unbranched alkanes of at least 4 members (excludes halogenated alkanes) is 2. The minimum Gasteiger partial charge on any atom is -0.465 e. The molecule has 3 heteroatoms. The first-order chi connectivity index (χ1) is 7.17. The second-order valence-electron chi connectivity index (χ2n) is 3.58. The summed E-state index contributed by atoms with van der Waals surface area (Å²) in [5.74, 6) is -0.960. The third kappa shape index (κ3) is 5.57. The van der Waals surface area contributed by atoms with Crippen LogP contribution in [-0.4, -0.2) is 23.8 Å². The third-order valence-corrected chi connectivity index (χ3v) is 2.33. The van der Waals surface area contributed by atoms with Crippen LogP contribution in [0.5, 0.6) is 0 Å². The van der Waals surface area contributed by atoms with Gasteiger partial charge in [-0.15, -0.1) is 6.58 Å². The molecule has 15 heavy (non-hydrogen) atoms. The molecule has 0 aromatic carbocycles. The van der Waals surface area contributed by atoms with Gasteiger partial charge in [-0.25, -0.2) is 0 Å². The van der Waals surface area contributed by atoms with E-state index in [-0.39, 0.29) is 5.97 Å². The van der Waals surface area contributed by atoms with Gasteiger partial charge in [0.1, 0.15) is 5.92 Å². The molecule has 0 saturated heterocycles. The number of rotatable bonds is 8. The van der Waals surface area contributed by atoms with Crippen LogP contribution in [0.3, 0.4) is 0 Å². The molecule has 0 bridgehead atoms. The Bertz CT molecular complexity index is 189. The van der Waals surface area contributed by atoms with Crippen molar-refractivity contribution in [3.8, 4) is 0 Å². The zero-order chi connectivity index (χ0) is 11.7. The molecule has 0 spiro atoms. The molecule has 0 aromatic rings. The zero-order valence-electron chi connectivity index (χ0n) is 9.74. The minimum absolute atomic E-state index is 0.338. The molecule has 0 aliphatic rings. The quantitative estimate of drug-likeness (QED) is 0.383. The smallest absolute Gasteiger partial charge is 0.315 e. The van der Waals surface area contributed by atoms with E-state index in [2.05, 4.69) is 13.5 Å². The maximum absolute atomic E-state index is 11.4. The molecule has 0 saturated carbocycles. The van der Waals surface area contributed by atoms with Crippen LogP contribution in [-0.2, 0) is 9.53 Å². The maximum atomic E-state index is 11.4. The van der Waals surface area contributed by atoms with Gasteiger partial charge in [-0.05, 0) is 13.3 Å². The summed E-state index contributed by atoms with van der Waals surface area (Å²) in [5, 5.41) is 9.76. The van der Waals surface area contributed by atoms with Gasteiger partial charge >= 0.3 is 5.97 Å². The number of carbonyl (C=O) groups excluding carboxylic acids is 1. The van der Waals surface area contributed by atoms with E-state index in [0.717, 1.165) is 19.3 Å². The highest BCUT2D eigenvalue weighted by molar-refractivity contribution is 5.75. The normalized spacial score (nSPS) is 14.3. The van der Waals surface area contributed by atoms with Gasteiger partial charge in [-0.2, -0.15) is 0 Å². The van der Waals surface area contributed by atoms with Gasteiger partial charge in [-0.1, -0.05) is 32.3 Å². The summed E-state index contributed by atoms with van der Waals surface area (Å²) in [6, 6.07) is 0. The Balaban J connectivity index is 4.03. The fourth-order valence-corrected chi connectivity index (χ4v) is 1.43. The molecular weight excluding hydrogens is 192 g/mol. The van der Waals surface area contributed by atoms with Crippen molar-refractivity contribution in [3.63, 3.8) is 0 Å². The lowest BCUT2D eigenvalue weighted by molar-refractivity contribution is -0.149. The van der Waals surface area contributed by atoms with Gasteiger partial charge < -0.3 is 9.84 Å². The molecule has 0 aliphatic heterocycles. The molecule has 3 nitrogen and oxygen atoms in total. The number of hydrogen-bond donors (Lipinski definition) is 1. The summed E-state index contributed by atoms with van der Waals surface area (Å²) in [6.07, 6.45) is 4.54. The van der Waals surface area contributed by atoms with Crippen molar-refractivity contribution in [1.82, 2.24) is 0 Å². The van der Waals surface area contributed by atoms with E-state index in [1.54, 1.807) is 6.92 Å². The monoisotopic (exact) mass is 214 g/mol. The number of aliphatic hydroxyl groups excluding tert-OH is 1. The fraction of sp³-hybridized carbons (Fsp3) is 0.750. The van der Waals surface area contributed by atoms with Gasteiger partial charge in [0.05, 0.1) is 12.7 Å².